The number of nitrogens with one attached hydrogen (secondary N) is 1. The molecule has 1 aromatic rings. The molecule has 92 valence electrons. The Morgan fingerprint density at radius 3 is 2.35 bits per heavy atom. The number of rotatable bonds is 4. The van der Waals surface area contributed by atoms with Gasteiger partial charge in [0.2, 0.25) is 0 Å². The molecule has 17 heavy (non-hydrogen) atoms. The van der Waals surface area contributed by atoms with Gasteiger partial charge in [-0.15, -0.1) is 0 Å². The number of benzene rings is 1. The van der Waals surface area contributed by atoms with Gasteiger partial charge in [0.1, 0.15) is 0 Å². The number of carboxylic acids is 1. The summed E-state index contributed by atoms with van der Waals surface area (Å²) in [5.74, 6) is -0.884. The maximum atomic E-state index is 11.3. The van der Waals surface area contributed by atoms with E-state index in [2.05, 4.69) is 5.32 Å². The van der Waals surface area contributed by atoms with Crippen molar-refractivity contribution in [1.82, 2.24) is 0 Å². The van der Waals surface area contributed by atoms with E-state index in [1.54, 1.807) is 38.1 Å². The first-order chi connectivity index (χ1) is 7.97. The maximum Gasteiger partial charge on any atom is 0.411 e. The molecule has 1 rings (SSSR count). The number of hydrogen-bond acceptors (Lipinski definition) is 3. The highest BCUT2D eigenvalue weighted by Gasteiger charge is 2.05. The normalized spacial score (nSPS) is 10.1. The number of aliphatic carboxylic acids is 1. The second-order valence-electron chi connectivity index (χ2n) is 3.85. The lowest BCUT2D eigenvalue weighted by molar-refractivity contribution is -0.136. The van der Waals surface area contributed by atoms with Crippen LogP contribution in [0.2, 0.25) is 0 Å². The third-order valence-electron chi connectivity index (χ3n) is 1.90. The Bertz CT molecular complexity index is 397. The minimum Gasteiger partial charge on any atom is -0.481 e. The standard InChI is InChI=1S/C12H15NO4/c1-8(2)17-12(16)13-10-5-3-9(4-6-10)7-11(14)15/h3-6,8H,7H2,1-2H3,(H,13,16)(H,14,15). The van der Waals surface area contributed by atoms with E-state index in [1.807, 2.05) is 0 Å². The van der Waals surface area contributed by atoms with Crippen molar-refractivity contribution < 1.29 is 19.4 Å². The quantitative estimate of drug-likeness (QED) is 0.842. The van der Waals surface area contributed by atoms with Crippen LogP contribution in [0.1, 0.15) is 19.4 Å². The van der Waals surface area contributed by atoms with Crippen molar-refractivity contribution in [3.63, 3.8) is 0 Å². The van der Waals surface area contributed by atoms with Crippen LogP contribution in [0.5, 0.6) is 0 Å². The second kappa shape index (κ2) is 5.89. The summed E-state index contributed by atoms with van der Waals surface area (Å²) in [4.78, 5) is 21.7. The molecule has 1 amide bonds. The lowest BCUT2D eigenvalue weighted by Crippen LogP contribution is -2.17. The average molecular weight is 237 g/mol. The highest BCUT2D eigenvalue weighted by atomic mass is 16.6. The maximum absolute atomic E-state index is 11.3. The smallest absolute Gasteiger partial charge is 0.411 e. The predicted octanol–water partition coefficient (Wildman–Crippen LogP) is 2.27. The van der Waals surface area contributed by atoms with Crippen molar-refractivity contribution >= 4 is 17.7 Å². The lowest BCUT2D eigenvalue weighted by atomic mass is 10.1. The van der Waals surface area contributed by atoms with Crippen molar-refractivity contribution in [3.05, 3.63) is 29.8 Å². The Labute approximate surface area is 99.4 Å². The second-order valence-corrected chi connectivity index (χ2v) is 3.85. The third-order valence-corrected chi connectivity index (χ3v) is 1.90. The van der Waals surface area contributed by atoms with E-state index in [4.69, 9.17) is 9.84 Å². The van der Waals surface area contributed by atoms with Crippen LogP contribution in [-0.2, 0) is 16.0 Å². The molecular formula is C12H15NO4. The van der Waals surface area contributed by atoms with Gasteiger partial charge >= 0.3 is 12.1 Å². The molecule has 0 atom stereocenters. The molecule has 0 saturated heterocycles. The lowest BCUT2D eigenvalue weighted by Gasteiger charge is -2.09. The van der Waals surface area contributed by atoms with Crippen molar-refractivity contribution in [2.24, 2.45) is 0 Å². The topological polar surface area (TPSA) is 75.6 Å². The highest BCUT2D eigenvalue weighted by molar-refractivity contribution is 5.84. The van der Waals surface area contributed by atoms with Gasteiger partial charge in [-0.25, -0.2) is 4.79 Å². The summed E-state index contributed by atoms with van der Waals surface area (Å²) in [7, 11) is 0. The minimum atomic E-state index is -0.884. The molecule has 0 bridgehead atoms. The van der Waals surface area contributed by atoms with Crippen molar-refractivity contribution in [1.29, 1.82) is 0 Å². The fourth-order valence-corrected chi connectivity index (χ4v) is 1.24. The van der Waals surface area contributed by atoms with Crippen LogP contribution < -0.4 is 5.32 Å². The summed E-state index contributed by atoms with van der Waals surface area (Å²) >= 11 is 0. The average Bonchev–Trinajstić information content (AvgIpc) is 2.18. The molecule has 0 fully saturated rings. The fraction of sp³-hybridized carbons (Fsp3) is 0.333. The number of carbonyl (C=O) groups excluding carboxylic acids is 1. The Morgan fingerprint density at radius 2 is 1.88 bits per heavy atom. The molecule has 1 aromatic carbocycles. The molecule has 5 heteroatoms. The Hall–Kier alpha value is -2.04. The van der Waals surface area contributed by atoms with E-state index in [1.165, 1.54) is 0 Å². The Balaban J connectivity index is 2.56. The van der Waals surface area contributed by atoms with Gasteiger partial charge in [0.05, 0.1) is 12.5 Å². The number of hydrogen-bond donors (Lipinski definition) is 2. The van der Waals surface area contributed by atoms with E-state index in [0.717, 1.165) is 0 Å². The Kier molecular flexibility index (Phi) is 4.51. The highest BCUT2D eigenvalue weighted by Crippen LogP contribution is 2.10. The van der Waals surface area contributed by atoms with Crippen LogP contribution in [0, 0.1) is 0 Å². The first kappa shape index (κ1) is 13.0. The minimum absolute atomic E-state index is 0.0310. The molecule has 0 aromatic heterocycles. The molecule has 0 spiro atoms. The van der Waals surface area contributed by atoms with E-state index >= 15 is 0 Å². The van der Waals surface area contributed by atoms with Crippen LogP contribution in [0.15, 0.2) is 24.3 Å². The molecule has 0 heterocycles. The van der Waals surface area contributed by atoms with Crippen LogP contribution in [0.3, 0.4) is 0 Å². The number of carbonyl (C=O) groups is 2. The number of amides is 1. The van der Waals surface area contributed by atoms with Crippen molar-refractivity contribution in [2.75, 3.05) is 5.32 Å². The van der Waals surface area contributed by atoms with Crippen molar-refractivity contribution in [2.45, 2.75) is 26.4 Å². The van der Waals surface area contributed by atoms with E-state index in [-0.39, 0.29) is 12.5 Å². The number of anilines is 1. The van der Waals surface area contributed by atoms with Gasteiger partial charge in [-0.1, -0.05) is 12.1 Å². The van der Waals surface area contributed by atoms with E-state index < -0.39 is 12.1 Å². The monoisotopic (exact) mass is 237 g/mol. The molecule has 0 aliphatic heterocycles. The summed E-state index contributed by atoms with van der Waals surface area (Å²) in [5, 5.41) is 11.1. The fourth-order valence-electron chi connectivity index (χ4n) is 1.24. The number of ether oxygens (including phenoxy) is 1. The Morgan fingerprint density at radius 1 is 1.29 bits per heavy atom. The van der Waals surface area contributed by atoms with E-state index in [0.29, 0.717) is 11.3 Å². The summed E-state index contributed by atoms with van der Waals surface area (Å²) in [6, 6.07) is 6.58. The van der Waals surface area contributed by atoms with Crippen LogP contribution in [0.4, 0.5) is 10.5 Å². The first-order valence-electron chi connectivity index (χ1n) is 5.25. The third kappa shape index (κ3) is 5.01. The van der Waals surface area contributed by atoms with Crippen LogP contribution in [-0.4, -0.2) is 23.3 Å². The molecule has 0 radical (unpaired) electrons. The van der Waals surface area contributed by atoms with Crippen LogP contribution in [0.25, 0.3) is 0 Å². The van der Waals surface area contributed by atoms with Gasteiger partial charge in [0, 0.05) is 5.69 Å². The molecule has 0 aliphatic rings. The summed E-state index contributed by atoms with van der Waals surface area (Å²) < 4.78 is 4.90. The molecule has 0 saturated carbocycles. The SMILES string of the molecule is CC(C)OC(=O)Nc1ccc(CC(=O)O)cc1. The summed E-state index contributed by atoms with van der Waals surface area (Å²) in [6.45, 7) is 3.52. The summed E-state index contributed by atoms with van der Waals surface area (Å²) in [5.41, 5.74) is 1.25. The zero-order valence-corrected chi connectivity index (χ0v) is 9.77. The number of carboxylic acid groups (broad SMARTS) is 1. The zero-order valence-electron chi connectivity index (χ0n) is 9.77. The van der Waals surface area contributed by atoms with Crippen molar-refractivity contribution in [3.8, 4) is 0 Å². The largest absolute Gasteiger partial charge is 0.481 e. The molecule has 0 unspecified atom stereocenters. The molecule has 5 nitrogen and oxygen atoms in total. The first-order valence-corrected chi connectivity index (χ1v) is 5.25. The molecular weight excluding hydrogens is 222 g/mol. The van der Waals surface area contributed by atoms with Gasteiger partial charge in [-0.05, 0) is 31.5 Å². The zero-order chi connectivity index (χ0) is 12.8. The van der Waals surface area contributed by atoms with Gasteiger partial charge in [-0.3, -0.25) is 10.1 Å². The van der Waals surface area contributed by atoms with E-state index in [9.17, 15) is 9.59 Å². The van der Waals surface area contributed by atoms with Gasteiger partial charge in [0.15, 0.2) is 0 Å². The van der Waals surface area contributed by atoms with Gasteiger partial charge in [-0.2, -0.15) is 0 Å². The van der Waals surface area contributed by atoms with Crippen LogP contribution >= 0.6 is 0 Å². The molecule has 2 N–H and O–H groups in total. The predicted molar refractivity (Wildman–Crippen MR) is 63.0 cm³/mol. The molecule has 0 aliphatic carbocycles. The summed E-state index contributed by atoms with van der Waals surface area (Å²) in [6.07, 6.45) is -0.733. The van der Waals surface area contributed by atoms with Gasteiger partial charge in [0.25, 0.3) is 0 Å². The van der Waals surface area contributed by atoms with Gasteiger partial charge < -0.3 is 9.84 Å².